The number of imidazole rings is 1. The van der Waals surface area contributed by atoms with Gasteiger partial charge < -0.3 is 10.3 Å². The smallest absolute Gasteiger partial charge is 0.132 e. The maximum atomic E-state index is 13.7. The predicted octanol–water partition coefficient (Wildman–Crippen LogP) is 2.10. The molecule has 0 amide bonds. The lowest BCUT2D eigenvalue weighted by molar-refractivity contribution is 0.463. The summed E-state index contributed by atoms with van der Waals surface area (Å²) in [5, 5.41) is 0. The van der Waals surface area contributed by atoms with E-state index in [1.807, 2.05) is 4.57 Å². The van der Waals surface area contributed by atoms with Gasteiger partial charge in [-0.15, -0.1) is 0 Å². The molecule has 2 heterocycles. The highest BCUT2D eigenvalue weighted by molar-refractivity contribution is 5.59. The van der Waals surface area contributed by atoms with Crippen LogP contribution in [0.4, 0.5) is 8.78 Å². The van der Waals surface area contributed by atoms with Crippen LogP contribution < -0.4 is 5.73 Å². The van der Waals surface area contributed by atoms with Crippen molar-refractivity contribution in [3.63, 3.8) is 0 Å². The van der Waals surface area contributed by atoms with Gasteiger partial charge in [0.1, 0.15) is 17.5 Å². The summed E-state index contributed by atoms with van der Waals surface area (Å²) in [4.78, 5) is 4.35. The summed E-state index contributed by atoms with van der Waals surface area (Å²) in [6.07, 6.45) is 3.32. The van der Waals surface area contributed by atoms with Crippen molar-refractivity contribution in [1.29, 1.82) is 0 Å². The van der Waals surface area contributed by atoms with Crippen molar-refractivity contribution < 1.29 is 8.78 Å². The summed E-state index contributed by atoms with van der Waals surface area (Å²) >= 11 is 0. The van der Waals surface area contributed by atoms with E-state index in [1.54, 1.807) is 6.20 Å². The monoisotopic (exact) mass is 249 g/mol. The van der Waals surface area contributed by atoms with Crippen LogP contribution in [0, 0.1) is 11.6 Å². The molecule has 5 heteroatoms. The van der Waals surface area contributed by atoms with Crippen LogP contribution in [0.2, 0.25) is 0 Å². The molecule has 18 heavy (non-hydrogen) atoms. The molecule has 0 fully saturated rings. The molecule has 0 bridgehead atoms. The van der Waals surface area contributed by atoms with Crippen LogP contribution in [-0.2, 0) is 13.0 Å². The molecule has 1 unspecified atom stereocenters. The van der Waals surface area contributed by atoms with Crippen LogP contribution in [0.25, 0.3) is 11.3 Å². The highest BCUT2D eigenvalue weighted by Gasteiger charge is 2.19. The second-order valence-corrected chi connectivity index (χ2v) is 4.61. The van der Waals surface area contributed by atoms with Crippen molar-refractivity contribution in [2.24, 2.45) is 5.73 Å². The fraction of sp³-hybridized carbons (Fsp3) is 0.308. The molecule has 2 N–H and O–H groups in total. The first-order chi connectivity index (χ1) is 8.63. The summed E-state index contributed by atoms with van der Waals surface area (Å²) in [7, 11) is 0. The first-order valence-electron chi connectivity index (χ1n) is 5.90. The van der Waals surface area contributed by atoms with Crippen molar-refractivity contribution in [2.75, 3.05) is 0 Å². The Morgan fingerprint density at radius 1 is 1.33 bits per heavy atom. The molecule has 1 aliphatic rings. The molecular formula is C13H13F2N3. The van der Waals surface area contributed by atoms with Gasteiger partial charge in [-0.3, -0.25) is 0 Å². The average molecular weight is 249 g/mol. The lowest BCUT2D eigenvalue weighted by Gasteiger charge is -2.18. The van der Waals surface area contributed by atoms with E-state index in [2.05, 4.69) is 4.98 Å². The number of hydrogen-bond donors (Lipinski definition) is 1. The minimum atomic E-state index is -0.464. The second-order valence-electron chi connectivity index (χ2n) is 4.61. The summed E-state index contributed by atoms with van der Waals surface area (Å²) in [5.41, 5.74) is 6.53. The maximum Gasteiger partial charge on any atom is 0.132 e. The van der Waals surface area contributed by atoms with E-state index in [0.29, 0.717) is 12.1 Å². The molecule has 0 saturated heterocycles. The van der Waals surface area contributed by atoms with E-state index in [0.717, 1.165) is 30.9 Å². The van der Waals surface area contributed by atoms with Crippen molar-refractivity contribution in [3.8, 4) is 11.3 Å². The van der Waals surface area contributed by atoms with Gasteiger partial charge in [-0.05, 0) is 24.6 Å². The van der Waals surface area contributed by atoms with Crippen LogP contribution in [-0.4, -0.2) is 15.6 Å². The molecule has 0 saturated carbocycles. The van der Waals surface area contributed by atoms with Crippen LogP contribution >= 0.6 is 0 Å². The van der Waals surface area contributed by atoms with E-state index in [9.17, 15) is 8.78 Å². The number of aromatic nitrogens is 2. The van der Waals surface area contributed by atoms with Crippen LogP contribution in [0.5, 0.6) is 0 Å². The minimum Gasteiger partial charge on any atom is -0.334 e. The molecule has 1 aliphatic heterocycles. The second kappa shape index (κ2) is 4.17. The van der Waals surface area contributed by atoms with Gasteiger partial charge in [0.15, 0.2) is 0 Å². The molecule has 0 spiro atoms. The SMILES string of the molecule is NC1CCn2cc(-c3cc(F)ccc3F)nc2C1. The summed E-state index contributed by atoms with van der Waals surface area (Å²) in [6, 6.07) is 3.49. The van der Waals surface area contributed by atoms with Crippen LogP contribution in [0.1, 0.15) is 12.2 Å². The number of aryl methyl sites for hydroxylation is 1. The van der Waals surface area contributed by atoms with Crippen LogP contribution in [0.3, 0.4) is 0 Å². The highest BCUT2D eigenvalue weighted by Crippen LogP contribution is 2.25. The summed E-state index contributed by atoms with van der Waals surface area (Å²) in [5.74, 6) is -0.0855. The summed E-state index contributed by atoms with van der Waals surface area (Å²) in [6.45, 7) is 0.778. The van der Waals surface area contributed by atoms with E-state index in [-0.39, 0.29) is 11.6 Å². The molecule has 3 rings (SSSR count). The van der Waals surface area contributed by atoms with Crippen molar-refractivity contribution in [1.82, 2.24) is 9.55 Å². The number of rotatable bonds is 1. The molecule has 1 aromatic carbocycles. The Morgan fingerprint density at radius 3 is 3.00 bits per heavy atom. The molecule has 1 atom stereocenters. The van der Waals surface area contributed by atoms with Gasteiger partial charge in [0.2, 0.25) is 0 Å². The zero-order valence-corrected chi connectivity index (χ0v) is 9.74. The third kappa shape index (κ3) is 1.90. The quantitative estimate of drug-likeness (QED) is 0.841. The Hall–Kier alpha value is -1.75. The lowest BCUT2D eigenvalue weighted by Crippen LogP contribution is -2.30. The molecule has 3 nitrogen and oxygen atoms in total. The Balaban J connectivity index is 2.05. The fourth-order valence-corrected chi connectivity index (χ4v) is 2.28. The fourth-order valence-electron chi connectivity index (χ4n) is 2.28. The van der Waals surface area contributed by atoms with Gasteiger partial charge in [-0.1, -0.05) is 0 Å². The van der Waals surface area contributed by atoms with Crippen molar-refractivity contribution in [3.05, 3.63) is 41.9 Å². The number of nitrogens with two attached hydrogens (primary N) is 1. The standard InChI is InChI=1S/C13H13F2N3/c14-8-1-2-11(15)10(5-8)12-7-18-4-3-9(16)6-13(18)17-12/h1-2,5,7,9H,3-4,6,16H2. The number of fused-ring (bicyclic) bond motifs is 1. The van der Waals surface area contributed by atoms with E-state index >= 15 is 0 Å². The zero-order valence-electron chi connectivity index (χ0n) is 9.74. The molecule has 94 valence electrons. The molecule has 1 aromatic heterocycles. The van der Waals surface area contributed by atoms with Gasteiger partial charge in [0, 0.05) is 30.8 Å². The Bertz CT molecular complexity index is 592. The average Bonchev–Trinajstić information content (AvgIpc) is 2.74. The normalized spacial score (nSPS) is 18.7. The van der Waals surface area contributed by atoms with Crippen molar-refractivity contribution in [2.45, 2.75) is 25.4 Å². The lowest BCUT2D eigenvalue weighted by atomic mass is 10.1. The predicted molar refractivity (Wildman–Crippen MR) is 63.9 cm³/mol. The van der Waals surface area contributed by atoms with E-state index < -0.39 is 11.6 Å². The third-order valence-electron chi connectivity index (χ3n) is 3.25. The van der Waals surface area contributed by atoms with Gasteiger partial charge in [0.05, 0.1) is 5.69 Å². The maximum absolute atomic E-state index is 13.7. The number of benzene rings is 1. The van der Waals surface area contributed by atoms with E-state index in [4.69, 9.17) is 5.73 Å². The zero-order chi connectivity index (χ0) is 12.7. The molecular weight excluding hydrogens is 236 g/mol. The van der Waals surface area contributed by atoms with Gasteiger partial charge in [0.25, 0.3) is 0 Å². The third-order valence-corrected chi connectivity index (χ3v) is 3.25. The first-order valence-corrected chi connectivity index (χ1v) is 5.90. The topological polar surface area (TPSA) is 43.8 Å². The highest BCUT2D eigenvalue weighted by atomic mass is 19.1. The van der Waals surface area contributed by atoms with Crippen molar-refractivity contribution >= 4 is 0 Å². The van der Waals surface area contributed by atoms with Gasteiger partial charge in [-0.25, -0.2) is 13.8 Å². The largest absolute Gasteiger partial charge is 0.334 e. The molecule has 2 aromatic rings. The Labute approximate surface area is 103 Å². The number of nitrogens with zero attached hydrogens (tertiary/aromatic N) is 2. The number of hydrogen-bond acceptors (Lipinski definition) is 2. The summed E-state index contributed by atoms with van der Waals surface area (Å²) < 4.78 is 28.8. The van der Waals surface area contributed by atoms with Crippen LogP contribution in [0.15, 0.2) is 24.4 Å². The Morgan fingerprint density at radius 2 is 2.17 bits per heavy atom. The first kappa shape index (κ1) is 11.3. The minimum absolute atomic E-state index is 0.102. The van der Waals surface area contributed by atoms with Gasteiger partial charge >= 0.3 is 0 Å². The molecule has 0 aliphatic carbocycles. The number of halogens is 2. The van der Waals surface area contributed by atoms with Gasteiger partial charge in [-0.2, -0.15) is 0 Å². The molecule has 0 radical (unpaired) electrons. The Kier molecular flexibility index (Phi) is 2.63. The van der Waals surface area contributed by atoms with E-state index in [1.165, 1.54) is 6.07 Å².